The van der Waals surface area contributed by atoms with Gasteiger partial charge in [-0.25, -0.2) is 0 Å². The standard InChI is InChI=1S/C11H16N4O3/c1-7(5-10(16)17)6-13-9-4-3-8(14-15-9)11(18)12-2/h3-4,7H,5-6H2,1-2H3,(H,12,18)(H,13,15)(H,16,17). The zero-order valence-electron chi connectivity index (χ0n) is 10.3. The van der Waals surface area contributed by atoms with E-state index in [9.17, 15) is 9.59 Å². The fourth-order valence-electron chi connectivity index (χ4n) is 1.32. The predicted octanol–water partition coefficient (Wildman–Crippen LogP) is 0.359. The maximum Gasteiger partial charge on any atom is 0.303 e. The molecule has 0 aliphatic heterocycles. The third kappa shape index (κ3) is 4.36. The Morgan fingerprint density at radius 2 is 2.11 bits per heavy atom. The van der Waals surface area contributed by atoms with Crippen LogP contribution >= 0.6 is 0 Å². The first-order chi connectivity index (χ1) is 8.52. The molecule has 0 aliphatic rings. The van der Waals surface area contributed by atoms with Crippen LogP contribution < -0.4 is 10.6 Å². The summed E-state index contributed by atoms with van der Waals surface area (Å²) in [6.07, 6.45) is 0.0940. The molecule has 0 aromatic carbocycles. The van der Waals surface area contributed by atoms with Crippen LogP contribution in [0.4, 0.5) is 5.82 Å². The van der Waals surface area contributed by atoms with E-state index in [1.54, 1.807) is 12.1 Å². The minimum absolute atomic E-state index is 0.0112. The third-order valence-corrected chi connectivity index (χ3v) is 2.28. The molecule has 0 bridgehead atoms. The fourth-order valence-corrected chi connectivity index (χ4v) is 1.32. The van der Waals surface area contributed by atoms with Gasteiger partial charge < -0.3 is 15.7 Å². The Morgan fingerprint density at radius 3 is 2.61 bits per heavy atom. The number of aliphatic carboxylic acids is 1. The topological polar surface area (TPSA) is 104 Å². The van der Waals surface area contributed by atoms with Gasteiger partial charge in [-0.15, -0.1) is 10.2 Å². The molecule has 1 heterocycles. The lowest BCUT2D eigenvalue weighted by atomic mass is 10.1. The van der Waals surface area contributed by atoms with Crippen LogP contribution in [0.25, 0.3) is 0 Å². The first-order valence-electron chi connectivity index (χ1n) is 5.54. The smallest absolute Gasteiger partial charge is 0.303 e. The van der Waals surface area contributed by atoms with Crippen LogP contribution in [-0.4, -0.2) is 40.8 Å². The monoisotopic (exact) mass is 252 g/mol. The highest BCUT2D eigenvalue weighted by Gasteiger charge is 2.08. The largest absolute Gasteiger partial charge is 0.481 e. The lowest BCUT2D eigenvalue weighted by molar-refractivity contribution is -0.137. The van der Waals surface area contributed by atoms with Crippen molar-refractivity contribution in [2.75, 3.05) is 18.9 Å². The van der Waals surface area contributed by atoms with Gasteiger partial charge in [-0.2, -0.15) is 0 Å². The van der Waals surface area contributed by atoms with E-state index in [-0.39, 0.29) is 23.9 Å². The fraction of sp³-hybridized carbons (Fsp3) is 0.455. The number of carboxylic acid groups (broad SMARTS) is 1. The van der Waals surface area contributed by atoms with Gasteiger partial charge >= 0.3 is 5.97 Å². The number of anilines is 1. The minimum atomic E-state index is -0.828. The highest BCUT2D eigenvalue weighted by Crippen LogP contribution is 2.06. The lowest BCUT2D eigenvalue weighted by Crippen LogP contribution is -2.20. The molecular weight excluding hydrogens is 236 g/mol. The van der Waals surface area contributed by atoms with Gasteiger partial charge in [0.15, 0.2) is 5.69 Å². The maximum atomic E-state index is 11.2. The zero-order valence-corrected chi connectivity index (χ0v) is 10.3. The molecule has 7 nitrogen and oxygen atoms in total. The number of hydrogen-bond donors (Lipinski definition) is 3. The Hall–Kier alpha value is -2.18. The van der Waals surface area contributed by atoms with Gasteiger partial charge in [-0.3, -0.25) is 9.59 Å². The number of nitrogens with one attached hydrogen (secondary N) is 2. The van der Waals surface area contributed by atoms with E-state index in [1.807, 2.05) is 6.92 Å². The second kappa shape index (κ2) is 6.53. The molecule has 1 aromatic heterocycles. The molecule has 18 heavy (non-hydrogen) atoms. The molecule has 7 heteroatoms. The highest BCUT2D eigenvalue weighted by atomic mass is 16.4. The molecule has 0 radical (unpaired) electrons. The second-order valence-corrected chi connectivity index (χ2v) is 3.97. The van der Waals surface area contributed by atoms with Crippen molar-refractivity contribution in [3.05, 3.63) is 17.8 Å². The van der Waals surface area contributed by atoms with Crippen molar-refractivity contribution in [3.63, 3.8) is 0 Å². The molecule has 3 N–H and O–H groups in total. The average Bonchev–Trinajstić information content (AvgIpc) is 2.35. The van der Waals surface area contributed by atoms with Crippen LogP contribution in [0.15, 0.2) is 12.1 Å². The van der Waals surface area contributed by atoms with Crippen molar-refractivity contribution >= 4 is 17.7 Å². The SMILES string of the molecule is CNC(=O)c1ccc(NCC(C)CC(=O)O)nn1. The number of carboxylic acids is 1. The first kappa shape index (κ1) is 13.9. The van der Waals surface area contributed by atoms with Crippen LogP contribution in [0.5, 0.6) is 0 Å². The average molecular weight is 252 g/mol. The number of rotatable bonds is 6. The molecule has 0 fully saturated rings. The van der Waals surface area contributed by atoms with Crippen LogP contribution in [0.3, 0.4) is 0 Å². The number of carbonyl (C=O) groups is 2. The van der Waals surface area contributed by atoms with E-state index in [0.29, 0.717) is 12.4 Å². The Balaban J connectivity index is 2.49. The summed E-state index contributed by atoms with van der Waals surface area (Å²) in [5.74, 6) is -0.624. The number of nitrogens with zero attached hydrogens (tertiary/aromatic N) is 2. The van der Waals surface area contributed by atoms with Crippen molar-refractivity contribution in [1.82, 2.24) is 15.5 Å². The van der Waals surface area contributed by atoms with Gasteiger partial charge in [0.05, 0.1) is 0 Å². The van der Waals surface area contributed by atoms with Crippen molar-refractivity contribution in [1.29, 1.82) is 0 Å². The predicted molar refractivity (Wildman–Crippen MR) is 65.3 cm³/mol. The molecular formula is C11H16N4O3. The van der Waals surface area contributed by atoms with Crippen LogP contribution in [0.1, 0.15) is 23.8 Å². The van der Waals surface area contributed by atoms with E-state index < -0.39 is 5.97 Å². The summed E-state index contributed by atoms with van der Waals surface area (Å²) < 4.78 is 0. The quantitative estimate of drug-likeness (QED) is 0.675. The van der Waals surface area contributed by atoms with E-state index >= 15 is 0 Å². The molecule has 0 spiro atoms. The van der Waals surface area contributed by atoms with Crippen LogP contribution in [0.2, 0.25) is 0 Å². The van der Waals surface area contributed by atoms with Crippen LogP contribution in [-0.2, 0) is 4.79 Å². The molecule has 1 amide bonds. The molecule has 98 valence electrons. The summed E-state index contributed by atoms with van der Waals surface area (Å²) in [4.78, 5) is 21.7. The number of aromatic nitrogens is 2. The second-order valence-electron chi connectivity index (χ2n) is 3.97. The molecule has 1 rings (SSSR count). The van der Waals surface area contributed by atoms with Crippen molar-refractivity contribution in [3.8, 4) is 0 Å². The number of hydrogen-bond acceptors (Lipinski definition) is 5. The normalized spacial score (nSPS) is 11.7. The van der Waals surface area contributed by atoms with E-state index in [2.05, 4.69) is 20.8 Å². The third-order valence-electron chi connectivity index (χ3n) is 2.28. The Kier molecular flexibility index (Phi) is 5.04. The molecule has 0 saturated heterocycles. The summed E-state index contributed by atoms with van der Waals surface area (Å²) in [5.41, 5.74) is 0.238. The van der Waals surface area contributed by atoms with Gasteiger partial charge in [0.25, 0.3) is 5.91 Å². The Morgan fingerprint density at radius 1 is 1.39 bits per heavy atom. The molecule has 1 atom stereocenters. The molecule has 0 aliphatic carbocycles. The van der Waals surface area contributed by atoms with Crippen LogP contribution in [0, 0.1) is 5.92 Å². The molecule has 1 aromatic rings. The number of amides is 1. The van der Waals surface area contributed by atoms with Crippen molar-refractivity contribution in [2.24, 2.45) is 5.92 Å². The summed E-state index contributed by atoms with van der Waals surface area (Å²) >= 11 is 0. The van der Waals surface area contributed by atoms with E-state index in [1.165, 1.54) is 7.05 Å². The van der Waals surface area contributed by atoms with Crippen molar-refractivity contribution in [2.45, 2.75) is 13.3 Å². The van der Waals surface area contributed by atoms with Gasteiger partial charge in [0.2, 0.25) is 0 Å². The van der Waals surface area contributed by atoms with Gasteiger partial charge in [-0.05, 0) is 18.1 Å². The first-order valence-corrected chi connectivity index (χ1v) is 5.54. The molecule has 0 saturated carbocycles. The Bertz CT molecular complexity index is 419. The maximum absolute atomic E-state index is 11.2. The molecule has 1 unspecified atom stereocenters. The van der Waals surface area contributed by atoms with E-state index in [4.69, 9.17) is 5.11 Å². The van der Waals surface area contributed by atoms with Gasteiger partial charge in [-0.1, -0.05) is 6.92 Å². The van der Waals surface area contributed by atoms with Crippen molar-refractivity contribution < 1.29 is 14.7 Å². The summed E-state index contributed by atoms with van der Waals surface area (Å²) in [7, 11) is 1.52. The summed E-state index contributed by atoms with van der Waals surface area (Å²) in [5, 5.41) is 21.6. The van der Waals surface area contributed by atoms with E-state index in [0.717, 1.165) is 0 Å². The van der Waals surface area contributed by atoms with Gasteiger partial charge in [0, 0.05) is 20.0 Å². The highest BCUT2D eigenvalue weighted by molar-refractivity contribution is 5.91. The minimum Gasteiger partial charge on any atom is -0.481 e. The van der Waals surface area contributed by atoms with Gasteiger partial charge in [0.1, 0.15) is 5.82 Å². The lowest BCUT2D eigenvalue weighted by Gasteiger charge is -2.10. The summed E-state index contributed by atoms with van der Waals surface area (Å²) in [6.45, 7) is 2.31. The summed E-state index contributed by atoms with van der Waals surface area (Å²) in [6, 6.07) is 3.18. The zero-order chi connectivity index (χ0) is 13.5. The Labute approximate surface area is 105 Å². The number of carbonyl (C=O) groups excluding carboxylic acids is 1.